The van der Waals surface area contributed by atoms with Crippen LogP contribution in [0.15, 0.2) is 79.0 Å². The monoisotopic (exact) mass is 812 g/mol. The number of aromatic nitrogens is 4. The maximum Gasteiger partial charge on any atom is 0.407 e. The van der Waals surface area contributed by atoms with Gasteiger partial charge in [0.15, 0.2) is 0 Å². The first-order valence-electron chi connectivity index (χ1n) is 20.1. The third-order valence-electron chi connectivity index (χ3n) is 11.6. The van der Waals surface area contributed by atoms with Crippen molar-refractivity contribution in [1.82, 2.24) is 40.4 Å². The Hall–Kier alpha value is -6.90. The van der Waals surface area contributed by atoms with E-state index in [1.165, 1.54) is 14.2 Å². The summed E-state index contributed by atoms with van der Waals surface area (Å²) in [5, 5.41) is 7.17. The van der Waals surface area contributed by atoms with Gasteiger partial charge in [-0.25, -0.2) is 19.6 Å². The third kappa shape index (κ3) is 7.94. The molecule has 1 aliphatic heterocycles. The number of benzene rings is 4. The van der Waals surface area contributed by atoms with E-state index in [-0.39, 0.29) is 37.5 Å². The van der Waals surface area contributed by atoms with Gasteiger partial charge in [-0.05, 0) is 70.2 Å². The second-order valence-corrected chi connectivity index (χ2v) is 15.4. The largest absolute Gasteiger partial charge is 0.488 e. The molecule has 0 spiro atoms. The van der Waals surface area contributed by atoms with Gasteiger partial charge in [-0.2, -0.15) is 0 Å². The number of imidazole rings is 2. The number of hydrogen-bond donors (Lipinski definition) is 4. The number of hydrogen-bond acceptors (Lipinski definition) is 9. The number of rotatable bonds is 13. The zero-order chi connectivity index (χ0) is 42.1. The van der Waals surface area contributed by atoms with Crippen LogP contribution in [0.2, 0.25) is 0 Å². The highest BCUT2D eigenvalue weighted by Gasteiger charge is 2.48. The summed E-state index contributed by atoms with van der Waals surface area (Å²) in [6, 6.07) is 22.7. The maximum absolute atomic E-state index is 13.9. The Balaban J connectivity index is 1.01. The molecule has 2 aromatic heterocycles. The molecule has 4 amide bonds. The van der Waals surface area contributed by atoms with Gasteiger partial charge in [0.2, 0.25) is 11.8 Å². The first-order chi connectivity index (χ1) is 29.1. The molecule has 3 atom stereocenters. The molecular formula is C45H48N8O7. The van der Waals surface area contributed by atoms with Crippen molar-refractivity contribution in [3.05, 3.63) is 102 Å². The number of H-pyrrole nitrogens is 2. The van der Waals surface area contributed by atoms with Crippen molar-refractivity contribution < 1.29 is 33.4 Å². The lowest BCUT2D eigenvalue weighted by molar-refractivity contribution is -0.134. The smallest absolute Gasteiger partial charge is 0.407 e. The summed E-state index contributed by atoms with van der Waals surface area (Å²) in [6.45, 7) is 7.42. The van der Waals surface area contributed by atoms with Crippen LogP contribution in [-0.4, -0.2) is 87.1 Å². The van der Waals surface area contributed by atoms with E-state index in [1.807, 2.05) is 43.3 Å². The Morgan fingerprint density at radius 2 is 1.68 bits per heavy atom. The molecule has 1 aliphatic carbocycles. The molecule has 60 heavy (non-hydrogen) atoms. The number of ether oxygens (including phenoxy) is 3. The summed E-state index contributed by atoms with van der Waals surface area (Å²) in [4.78, 5) is 71.0. The van der Waals surface area contributed by atoms with E-state index in [9.17, 15) is 19.2 Å². The van der Waals surface area contributed by atoms with Gasteiger partial charge in [0.1, 0.15) is 36.6 Å². The Bertz CT molecular complexity index is 2580. The molecule has 0 saturated heterocycles. The molecular weight excluding hydrogens is 765 g/mol. The first kappa shape index (κ1) is 39.9. The summed E-state index contributed by atoms with van der Waals surface area (Å²) < 4.78 is 15.9. The molecule has 0 bridgehead atoms. The summed E-state index contributed by atoms with van der Waals surface area (Å²) >= 11 is 0. The lowest BCUT2D eigenvalue weighted by Gasteiger charge is -2.27. The lowest BCUT2D eigenvalue weighted by atomic mass is 9.92. The minimum atomic E-state index is -0.916. The minimum Gasteiger partial charge on any atom is -0.488 e. The number of amides is 4. The van der Waals surface area contributed by atoms with Gasteiger partial charge >= 0.3 is 12.2 Å². The molecule has 310 valence electrons. The first-order valence-corrected chi connectivity index (χ1v) is 20.1. The van der Waals surface area contributed by atoms with Crippen LogP contribution < -0.4 is 15.4 Å². The molecule has 0 radical (unpaired) electrons. The van der Waals surface area contributed by atoms with E-state index in [0.29, 0.717) is 48.6 Å². The Labute approximate surface area is 346 Å². The predicted octanol–water partition coefficient (Wildman–Crippen LogP) is 6.84. The van der Waals surface area contributed by atoms with Crippen molar-refractivity contribution in [2.75, 3.05) is 27.3 Å². The number of aromatic amines is 2. The molecule has 15 heteroatoms. The van der Waals surface area contributed by atoms with Crippen LogP contribution in [0.4, 0.5) is 9.59 Å². The summed E-state index contributed by atoms with van der Waals surface area (Å²) in [7, 11) is 2.54. The molecule has 4 aromatic carbocycles. The number of carbonyl (C=O) groups is 4. The Morgan fingerprint density at radius 1 is 0.900 bits per heavy atom. The highest BCUT2D eigenvalue weighted by atomic mass is 16.5. The van der Waals surface area contributed by atoms with Crippen LogP contribution in [-0.2, 0) is 38.8 Å². The van der Waals surface area contributed by atoms with Crippen molar-refractivity contribution in [2.45, 2.75) is 59.0 Å². The van der Waals surface area contributed by atoms with E-state index in [1.54, 1.807) is 28.1 Å². The molecule has 1 saturated carbocycles. The van der Waals surface area contributed by atoms with Gasteiger partial charge < -0.3 is 44.6 Å². The lowest BCUT2D eigenvalue weighted by Crippen LogP contribution is -2.43. The van der Waals surface area contributed by atoms with E-state index in [4.69, 9.17) is 14.5 Å². The standard InChI is InChI=1S/C45H48N8O7/c1-6-16-52(43(55)40(51-45(57)59-5)27-10-8-7-9-11-27)22-37-46-20-35(49-37)29-12-14-31-30(17-29)24-60-36-19-32-28(18-33(31)36)13-15-34-41(32)50-38(48-34)23-53(42-25(2)26(42)3)39(54)21-47-44(56)58-4/h7-15,17-20,25-26,40,42H,6,16,21-24H2,1-5H3,(H,46,49)(H,47,56)(H,48,50)(H,51,57)/t25?,26?,40-,42?/m1/s1. The zero-order valence-electron chi connectivity index (χ0n) is 34.2. The molecule has 2 aliphatic rings. The van der Waals surface area contributed by atoms with E-state index < -0.39 is 18.2 Å². The van der Waals surface area contributed by atoms with Crippen LogP contribution in [0, 0.1) is 11.8 Å². The number of nitrogens with zero attached hydrogens (tertiary/aromatic N) is 4. The molecule has 4 N–H and O–H groups in total. The van der Waals surface area contributed by atoms with Crippen LogP contribution in [0.25, 0.3) is 44.2 Å². The number of methoxy groups -OCH3 is 2. The summed E-state index contributed by atoms with van der Waals surface area (Å²) in [6.07, 6.45) is 1.14. The van der Waals surface area contributed by atoms with Gasteiger partial charge in [-0.3, -0.25) is 9.59 Å². The predicted molar refractivity (Wildman–Crippen MR) is 224 cm³/mol. The topological polar surface area (TPSA) is 184 Å². The number of fused-ring (bicyclic) bond motifs is 6. The third-order valence-corrected chi connectivity index (χ3v) is 11.6. The molecule has 3 heterocycles. The fourth-order valence-corrected chi connectivity index (χ4v) is 8.23. The molecule has 8 rings (SSSR count). The SMILES string of the molecule is CCCN(Cc1ncc(-c2ccc3c(c2)COc2cc4c(ccc5nc(CN(C(=O)CNC(=O)OC)C6C(C)C6C)[nH]c54)cc2-3)[nH]1)C(=O)[C@H](NC(=O)OC)c1ccccc1. The van der Waals surface area contributed by atoms with Crippen molar-refractivity contribution >= 4 is 45.8 Å². The van der Waals surface area contributed by atoms with Gasteiger partial charge in [0, 0.05) is 23.5 Å². The van der Waals surface area contributed by atoms with Gasteiger partial charge in [0.25, 0.3) is 0 Å². The second-order valence-electron chi connectivity index (χ2n) is 15.4. The van der Waals surface area contributed by atoms with E-state index in [2.05, 4.69) is 68.4 Å². The van der Waals surface area contributed by atoms with Gasteiger partial charge in [-0.15, -0.1) is 0 Å². The number of alkyl carbamates (subject to hydrolysis) is 2. The van der Waals surface area contributed by atoms with Crippen LogP contribution in [0.1, 0.15) is 56.0 Å². The average Bonchev–Trinajstić information content (AvgIpc) is 3.60. The molecule has 6 aromatic rings. The van der Waals surface area contributed by atoms with Gasteiger partial charge in [0.05, 0.1) is 50.2 Å². The van der Waals surface area contributed by atoms with Crippen LogP contribution in [0.3, 0.4) is 0 Å². The quantitative estimate of drug-likeness (QED) is 0.0970. The summed E-state index contributed by atoms with van der Waals surface area (Å²) in [5.41, 5.74) is 7.10. The van der Waals surface area contributed by atoms with Gasteiger partial charge in [-0.1, -0.05) is 69.3 Å². The Kier molecular flexibility index (Phi) is 11.1. The van der Waals surface area contributed by atoms with E-state index in [0.717, 1.165) is 55.5 Å². The molecule has 15 nitrogen and oxygen atoms in total. The molecule has 1 fully saturated rings. The van der Waals surface area contributed by atoms with Crippen molar-refractivity contribution in [3.63, 3.8) is 0 Å². The van der Waals surface area contributed by atoms with Crippen molar-refractivity contribution in [3.8, 4) is 28.1 Å². The Morgan fingerprint density at radius 3 is 2.42 bits per heavy atom. The van der Waals surface area contributed by atoms with E-state index >= 15 is 0 Å². The van der Waals surface area contributed by atoms with Crippen LogP contribution >= 0.6 is 0 Å². The normalized spacial score (nSPS) is 16.9. The average molecular weight is 813 g/mol. The maximum atomic E-state index is 13.9. The zero-order valence-corrected chi connectivity index (χ0v) is 34.2. The summed E-state index contributed by atoms with van der Waals surface area (Å²) in [5.74, 6) is 2.26. The number of nitrogens with one attached hydrogen (secondary N) is 4. The fourth-order valence-electron chi connectivity index (χ4n) is 8.23. The molecule has 2 unspecified atom stereocenters. The van der Waals surface area contributed by atoms with Crippen LogP contribution in [0.5, 0.6) is 5.75 Å². The fraction of sp³-hybridized carbons (Fsp3) is 0.333. The number of carbonyl (C=O) groups excluding carboxylic acids is 4. The highest BCUT2D eigenvalue weighted by Crippen LogP contribution is 2.44. The minimum absolute atomic E-state index is 0.0569. The van der Waals surface area contributed by atoms with Crippen molar-refractivity contribution in [1.29, 1.82) is 0 Å². The van der Waals surface area contributed by atoms with Crippen molar-refractivity contribution in [2.24, 2.45) is 11.8 Å². The second kappa shape index (κ2) is 16.8. The highest BCUT2D eigenvalue weighted by molar-refractivity contribution is 6.07.